The van der Waals surface area contributed by atoms with Gasteiger partial charge in [0.1, 0.15) is 6.04 Å². The summed E-state index contributed by atoms with van der Waals surface area (Å²) in [6.07, 6.45) is 1.64. The number of hydrogen-bond acceptors (Lipinski definition) is 4. The fourth-order valence-electron chi connectivity index (χ4n) is 2.40. The van der Waals surface area contributed by atoms with Gasteiger partial charge in [0.2, 0.25) is 0 Å². The third-order valence-electron chi connectivity index (χ3n) is 3.95. The topological polar surface area (TPSA) is 56.7 Å². The zero-order valence-electron chi connectivity index (χ0n) is 15.5. The summed E-state index contributed by atoms with van der Waals surface area (Å²) >= 11 is 0. The second-order valence-electron chi connectivity index (χ2n) is 6.40. The van der Waals surface area contributed by atoms with E-state index in [0.717, 1.165) is 22.5 Å². The first-order chi connectivity index (χ1) is 11.9. The van der Waals surface area contributed by atoms with Gasteiger partial charge in [-0.3, -0.25) is 4.79 Å². The Morgan fingerprint density at radius 3 is 2.40 bits per heavy atom. The lowest BCUT2D eigenvalue weighted by molar-refractivity contribution is -0.121. The SMILES string of the molecule is Cc1ccc(N[C@H](C)C(=O)NN=Cc2ccc(N(C)C)cc2)c(C)c1. The lowest BCUT2D eigenvalue weighted by Gasteiger charge is -2.15. The predicted octanol–water partition coefficient (Wildman–Crippen LogP) is 3.32. The molecule has 0 aliphatic rings. The molecule has 0 aromatic heterocycles. The third kappa shape index (κ3) is 5.35. The van der Waals surface area contributed by atoms with Gasteiger partial charge in [-0.2, -0.15) is 5.10 Å². The Morgan fingerprint density at radius 1 is 1.12 bits per heavy atom. The van der Waals surface area contributed by atoms with Crippen molar-refractivity contribution in [1.82, 2.24) is 5.43 Å². The number of amides is 1. The molecule has 0 saturated heterocycles. The van der Waals surface area contributed by atoms with Gasteiger partial charge in [0.15, 0.2) is 0 Å². The molecule has 0 spiro atoms. The van der Waals surface area contributed by atoms with Gasteiger partial charge < -0.3 is 10.2 Å². The normalized spacial score (nSPS) is 12.0. The molecule has 0 aliphatic carbocycles. The molecule has 0 saturated carbocycles. The first-order valence-corrected chi connectivity index (χ1v) is 8.31. The van der Waals surface area contributed by atoms with Gasteiger partial charge in [-0.1, -0.05) is 29.8 Å². The van der Waals surface area contributed by atoms with Crippen molar-refractivity contribution in [2.45, 2.75) is 26.8 Å². The van der Waals surface area contributed by atoms with Gasteiger partial charge in [-0.05, 0) is 50.1 Å². The van der Waals surface area contributed by atoms with Gasteiger partial charge in [-0.15, -0.1) is 0 Å². The summed E-state index contributed by atoms with van der Waals surface area (Å²) in [6.45, 7) is 5.89. The quantitative estimate of drug-likeness (QED) is 0.627. The minimum absolute atomic E-state index is 0.180. The van der Waals surface area contributed by atoms with E-state index in [1.54, 1.807) is 6.21 Å². The molecule has 5 heteroatoms. The van der Waals surface area contributed by atoms with E-state index >= 15 is 0 Å². The van der Waals surface area contributed by atoms with Crippen molar-refractivity contribution in [2.75, 3.05) is 24.3 Å². The Balaban J connectivity index is 1.90. The summed E-state index contributed by atoms with van der Waals surface area (Å²) in [5, 5.41) is 7.25. The maximum absolute atomic E-state index is 12.2. The van der Waals surface area contributed by atoms with Crippen LogP contribution >= 0.6 is 0 Å². The smallest absolute Gasteiger partial charge is 0.262 e. The molecule has 0 aliphatic heterocycles. The molecule has 1 atom stereocenters. The molecular weight excluding hydrogens is 312 g/mol. The molecule has 0 fully saturated rings. The van der Waals surface area contributed by atoms with Gasteiger partial charge in [0.05, 0.1) is 6.21 Å². The highest BCUT2D eigenvalue weighted by Gasteiger charge is 2.12. The van der Waals surface area contributed by atoms with E-state index in [1.807, 2.05) is 76.2 Å². The molecule has 0 bridgehead atoms. The Labute approximate surface area is 149 Å². The molecule has 2 aromatic rings. The molecule has 2 aromatic carbocycles. The zero-order chi connectivity index (χ0) is 18.4. The lowest BCUT2D eigenvalue weighted by Crippen LogP contribution is -2.35. The van der Waals surface area contributed by atoms with Crippen molar-refractivity contribution in [3.63, 3.8) is 0 Å². The van der Waals surface area contributed by atoms with Crippen LogP contribution in [-0.2, 0) is 4.79 Å². The van der Waals surface area contributed by atoms with Crippen molar-refractivity contribution >= 4 is 23.5 Å². The largest absolute Gasteiger partial charge is 0.378 e. The van der Waals surface area contributed by atoms with E-state index in [4.69, 9.17) is 0 Å². The van der Waals surface area contributed by atoms with E-state index in [2.05, 4.69) is 21.9 Å². The summed E-state index contributed by atoms with van der Waals surface area (Å²) in [4.78, 5) is 14.2. The van der Waals surface area contributed by atoms with Crippen LogP contribution < -0.4 is 15.6 Å². The maximum Gasteiger partial charge on any atom is 0.262 e. The number of benzene rings is 2. The standard InChI is InChI=1S/C20H26N4O/c1-14-6-11-19(15(2)12-14)22-16(3)20(25)23-21-13-17-7-9-18(10-8-17)24(4)5/h6-13,16,22H,1-5H3,(H,23,25)/t16-/m1/s1. The van der Waals surface area contributed by atoms with E-state index in [1.165, 1.54) is 5.56 Å². The summed E-state index contributed by atoms with van der Waals surface area (Å²) in [6, 6.07) is 13.7. The van der Waals surface area contributed by atoms with E-state index < -0.39 is 0 Å². The van der Waals surface area contributed by atoms with Crippen molar-refractivity contribution in [2.24, 2.45) is 5.10 Å². The van der Waals surface area contributed by atoms with Gasteiger partial charge in [-0.25, -0.2) is 5.43 Å². The Morgan fingerprint density at radius 2 is 1.80 bits per heavy atom. The van der Waals surface area contributed by atoms with Crippen molar-refractivity contribution in [1.29, 1.82) is 0 Å². The average Bonchev–Trinajstić information content (AvgIpc) is 2.57. The number of rotatable bonds is 6. The van der Waals surface area contributed by atoms with E-state index in [-0.39, 0.29) is 11.9 Å². The second-order valence-corrected chi connectivity index (χ2v) is 6.40. The molecule has 2 N–H and O–H groups in total. The van der Waals surface area contributed by atoms with Crippen LogP contribution in [0.5, 0.6) is 0 Å². The Kier molecular flexibility index (Phi) is 6.17. The number of carbonyl (C=O) groups is 1. The molecule has 0 unspecified atom stereocenters. The Hall–Kier alpha value is -2.82. The number of nitrogens with zero attached hydrogens (tertiary/aromatic N) is 2. The van der Waals surface area contributed by atoms with Crippen LogP contribution in [-0.4, -0.2) is 32.3 Å². The van der Waals surface area contributed by atoms with E-state index in [9.17, 15) is 4.79 Å². The third-order valence-corrected chi connectivity index (χ3v) is 3.95. The highest BCUT2D eigenvalue weighted by Crippen LogP contribution is 2.17. The molecule has 5 nitrogen and oxygen atoms in total. The Bertz CT molecular complexity index is 751. The highest BCUT2D eigenvalue weighted by molar-refractivity contribution is 5.86. The van der Waals surface area contributed by atoms with Crippen LogP contribution in [0.3, 0.4) is 0 Å². The second kappa shape index (κ2) is 8.33. The fraction of sp³-hybridized carbons (Fsp3) is 0.300. The molecule has 25 heavy (non-hydrogen) atoms. The van der Waals surface area contributed by atoms with E-state index in [0.29, 0.717) is 0 Å². The summed E-state index contributed by atoms with van der Waals surface area (Å²) < 4.78 is 0. The van der Waals surface area contributed by atoms with Crippen molar-refractivity contribution in [3.8, 4) is 0 Å². The van der Waals surface area contributed by atoms with Gasteiger partial charge >= 0.3 is 0 Å². The summed E-state index contributed by atoms with van der Waals surface area (Å²) in [5.41, 5.74) is 7.90. The van der Waals surface area contributed by atoms with Crippen LogP contribution in [0.1, 0.15) is 23.6 Å². The van der Waals surface area contributed by atoms with Crippen LogP contribution in [0, 0.1) is 13.8 Å². The van der Waals surface area contributed by atoms with Crippen LogP contribution in [0.25, 0.3) is 0 Å². The van der Waals surface area contributed by atoms with Crippen LogP contribution in [0.4, 0.5) is 11.4 Å². The minimum Gasteiger partial charge on any atom is -0.378 e. The summed E-state index contributed by atoms with van der Waals surface area (Å²) in [5.74, 6) is -0.180. The number of hydrogen-bond donors (Lipinski definition) is 2. The zero-order valence-corrected chi connectivity index (χ0v) is 15.5. The summed E-state index contributed by atoms with van der Waals surface area (Å²) in [7, 11) is 3.99. The van der Waals surface area contributed by atoms with Gasteiger partial charge in [0, 0.05) is 25.5 Å². The van der Waals surface area contributed by atoms with Gasteiger partial charge in [0.25, 0.3) is 5.91 Å². The monoisotopic (exact) mass is 338 g/mol. The minimum atomic E-state index is -0.380. The first-order valence-electron chi connectivity index (χ1n) is 8.31. The average molecular weight is 338 g/mol. The number of anilines is 2. The van der Waals surface area contributed by atoms with Crippen molar-refractivity contribution < 1.29 is 4.79 Å². The fourth-order valence-corrected chi connectivity index (χ4v) is 2.40. The molecule has 0 heterocycles. The maximum atomic E-state index is 12.2. The molecule has 132 valence electrons. The first kappa shape index (κ1) is 18.5. The predicted molar refractivity (Wildman–Crippen MR) is 106 cm³/mol. The number of nitrogens with one attached hydrogen (secondary N) is 2. The lowest BCUT2D eigenvalue weighted by atomic mass is 10.1. The molecule has 1 amide bonds. The molecular formula is C20H26N4O. The van der Waals surface area contributed by atoms with Crippen LogP contribution in [0.2, 0.25) is 0 Å². The highest BCUT2D eigenvalue weighted by atomic mass is 16.2. The van der Waals surface area contributed by atoms with Crippen molar-refractivity contribution in [3.05, 3.63) is 59.2 Å². The number of hydrazone groups is 1. The molecule has 2 rings (SSSR count). The van der Waals surface area contributed by atoms with Crippen LogP contribution in [0.15, 0.2) is 47.6 Å². The number of carbonyl (C=O) groups excluding carboxylic acids is 1. The molecule has 0 radical (unpaired) electrons. The number of aryl methyl sites for hydroxylation is 2.